The first-order chi connectivity index (χ1) is 8.48. The first kappa shape index (κ1) is 15.4. The third-order valence-electron chi connectivity index (χ3n) is 3.71. The maximum absolute atomic E-state index is 12.2. The molecule has 0 aliphatic carbocycles. The Balaban J connectivity index is 2.47. The summed E-state index contributed by atoms with van der Waals surface area (Å²) in [6, 6.07) is 0. The number of carbonyl (C=O) groups excluding carboxylic acids is 1. The number of hydrogen-bond acceptors (Lipinski definition) is 4. The lowest BCUT2D eigenvalue weighted by atomic mass is 9.75. The predicted molar refractivity (Wildman–Crippen MR) is 71.4 cm³/mol. The van der Waals surface area contributed by atoms with E-state index in [1.807, 2.05) is 27.7 Å². The number of rotatable bonds is 6. The van der Waals surface area contributed by atoms with E-state index in [1.165, 1.54) is 0 Å². The average Bonchev–Trinajstić information content (AvgIpc) is 2.37. The van der Waals surface area contributed by atoms with Crippen molar-refractivity contribution in [1.82, 2.24) is 5.32 Å². The Labute approximate surface area is 110 Å². The molecule has 0 amide bonds. The standard InChI is InChI=1S/C14H27NO3/c1-5-17-10-11(2)18-13(16)14(3,4)12-7-6-8-15-9-12/h11-12,15H,5-10H2,1-4H3. The first-order valence-corrected chi connectivity index (χ1v) is 6.98. The molecule has 1 rings (SSSR count). The summed E-state index contributed by atoms with van der Waals surface area (Å²) in [6.45, 7) is 10.9. The number of ether oxygens (including phenoxy) is 2. The smallest absolute Gasteiger partial charge is 0.312 e. The molecule has 4 nitrogen and oxygen atoms in total. The summed E-state index contributed by atoms with van der Waals surface area (Å²) >= 11 is 0. The molecule has 0 spiro atoms. The van der Waals surface area contributed by atoms with E-state index in [0.29, 0.717) is 19.1 Å². The first-order valence-electron chi connectivity index (χ1n) is 6.98. The summed E-state index contributed by atoms with van der Waals surface area (Å²) in [7, 11) is 0. The fourth-order valence-electron chi connectivity index (χ4n) is 2.29. The molecule has 1 saturated heterocycles. The zero-order valence-corrected chi connectivity index (χ0v) is 12.1. The van der Waals surface area contributed by atoms with Crippen molar-refractivity contribution in [2.24, 2.45) is 11.3 Å². The molecule has 4 heteroatoms. The second kappa shape index (κ2) is 7.10. The zero-order valence-electron chi connectivity index (χ0n) is 12.1. The van der Waals surface area contributed by atoms with Crippen molar-refractivity contribution in [3.05, 3.63) is 0 Å². The second-order valence-electron chi connectivity index (χ2n) is 5.64. The Morgan fingerprint density at radius 1 is 1.50 bits per heavy atom. The number of hydrogen-bond donors (Lipinski definition) is 1. The van der Waals surface area contributed by atoms with Gasteiger partial charge >= 0.3 is 5.97 Å². The van der Waals surface area contributed by atoms with Gasteiger partial charge in [0.1, 0.15) is 6.10 Å². The Bertz CT molecular complexity index is 260. The third-order valence-corrected chi connectivity index (χ3v) is 3.71. The van der Waals surface area contributed by atoms with Crippen molar-refractivity contribution in [3.8, 4) is 0 Å². The number of nitrogens with one attached hydrogen (secondary N) is 1. The van der Waals surface area contributed by atoms with Crippen LogP contribution in [0.3, 0.4) is 0 Å². The van der Waals surface area contributed by atoms with Gasteiger partial charge in [-0.05, 0) is 59.5 Å². The van der Waals surface area contributed by atoms with Crippen molar-refractivity contribution in [2.45, 2.75) is 46.6 Å². The lowest BCUT2D eigenvalue weighted by molar-refractivity contribution is -0.165. The second-order valence-corrected chi connectivity index (χ2v) is 5.64. The van der Waals surface area contributed by atoms with Gasteiger partial charge in [0, 0.05) is 6.61 Å². The van der Waals surface area contributed by atoms with Crippen LogP contribution in [0.2, 0.25) is 0 Å². The van der Waals surface area contributed by atoms with Crippen LogP contribution in [0.1, 0.15) is 40.5 Å². The fraction of sp³-hybridized carbons (Fsp3) is 0.929. The Kier molecular flexibility index (Phi) is 6.09. The van der Waals surface area contributed by atoms with E-state index in [-0.39, 0.29) is 12.1 Å². The largest absolute Gasteiger partial charge is 0.460 e. The molecular formula is C14H27NO3. The molecule has 0 aromatic heterocycles. The van der Waals surface area contributed by atoms with Gasteiger partial charge < -0.3 is 14.8 Å². The van der Waals surface area contributed by atoms with Gasteiger partial charge in [-0.2, -0.15) is 0 Å². The quantitative estimate of drug-likeness (QED) is 0.739. The van der Waals surface area contributed by atoms with E-state index in [4.69, 9.17) is 9.47 Å². The topological polar surface area (TPSA) is 47.6 Å². The van der Waals surface area contributed by atoms with Crippen LogP contribution in [0.4, 0.5) is 0 Å². The summed E-state index contributed by atoms with van der Waals surface area (Å²) in [4.78, 5) is 12.2. The molecule has 0 saturated carbocycles. The van der Waals surface area contributed by atoms with Crippen molar-refractivity contribution in [2.75, 3.05) is 26.3 Å². The van der Waals surface area contributed by atoms with Gasteiger partial charge in [0.25, 0.3) is 0 Å². The van der Waals surface area contributed by atoms with E-state index in [9.17, 15) is 4.79 Å². The molecule has 2 unspecified atom stereocenters. The minimum atomic E-state index is -0.423. The molecule has 0 aromatic carbocycles. The lowest BCUT2D eigenvalue weighted by Gasteiger charge is -2.35. The molecule has 0 radical (unpaired) electrons. The Hall–Kier alpha value is -0.610. The Morgan fingerprint density at radius 3 is 2.78 bits per heavy atom. The molecule has 1 heterocycles. The highest BCUT2D eigenvalue weighted by atomic mass is 16.6. The van der Waals surface area contributed by atoms with Crippen LogP contribution in [0.25, 0.3) is 0 Å². The van der Waals surface area contributed by atoms with Crippen LogP contribution < -0.4 is 5.32 Å². The molecular weight excluding hydrogens is 230 g/mol. The Morgan fingerprint density at radius 2 is 2.22 bits per heavy atom. The molecule has 0 aromatic rings. The van der Waals surface area contributed by atoms with Crippen LogP contribution in [-0.2, 0) is 14.3 Å². The molecule has 1 fully saturated rings. The summed E-state index contributed by atoms with van der Waals surface area (Å²) < 4.78 is 10.7. The van der Waals surface area contributed by atoms with Gasteiger partial charge in [0.2, 0.25) is 0 Å². The van der Waals surface area contributed by atoms with Gasteiger partial charge in [-0.25, -0.2) is 0 Å². The van der Waals surface area contributed by atoms with Gasteiger partial charge in [0.05, 0.1) is 12.0 Å². The molecule has 18 heavy (non-hydrogen) atoms. The van der Waals surface area contributed by atoms with E-state index in [2.05, 4.69) is 5.32 Å². The minimum absolute atomic E-state index is 0.108. The van der Waals surface area contributed by atoms with Crippen molar-refractivity contribution < 1.29 is 14.3 Å². The molecule has 1 aliphatic rings. The lowest BCUT2D eigenvalue weighted by Crippen LogP contribution is -2.44. The monoisotopic (exact) mass is 257 g/mol. The van der Waals surface area contributed by atoms with Crippen LogP contribution in [0, 0.1) is 11.3 Å². The van der Waals surface area contributed by atoms with Crippen LogP contribution in [0.5, 0.6) is 0 Å². The summed E-state index contributed by atoms with van der Waals surface area (Å²) in [5.74, 6) is 0.251. The van der Waals surface area contributed by atoms with E-state index < -0.39 is 5.41 Å². The van der Waals surface area contributed by atoms with E-state index in [0.717, 1.165) is 25.9 Å². The van der Waals surface area contributed by atoms with Crippen LogP contribution >= 0.6 is 0 Å². The van der Waals surface area contributed by atoms with Crippen molar-refractivity contribution in [3.63, 3.8) is 0 Å². The van der Waals surface area contributed by atoms with Gasteiger partial charge in [-0.3, -0.25) is 4.79 Å². The third kappa shape index (κ3) is 4.25. The normalized spacial score (nSPS) is 22.6. The van der Waals surface area contributed by atoms with E-state index in [1.54, 1.807) is 0 Å². The maximum Gasteiger partial charge on any atom is 0.312 e. The number of piperidine rings is 1. The summed E-state index contributed by atoms with van der Waals surface area (Å²) in [6.07, 6.45) is 2.05. The van der Waals surface area contributed by atoms with Gasteiger partial charge in [0.15, 0.2) is 0 Å². The van der Waals surface area contributed by atoms with E-state index >= 15 is 0 Å². The highest BCUT2D eigenvalue weighted by Gasteiger charge is 2.39. The molecule has 1 aliphatic heterocycles. The molecule has 106 valence electrons. The highest BCUT2D eigenvalue weighted by molar-refractivity contribution is 5.76. The average molecular weight is 257 g/mol. The minimum Gasteiger partial charge on any atom is -0.460 e. The predicted octanol–water partition coefficient (Wildman–Crippen LogP) is 1.98. The van der Waals surface area contributed by atoms with Gasteiger partial charge in [-0.1, -0.05) is 0 Å². The number of carbonyl (C=O) groups is 1. The molecule has 2 atom stereocenters. The number of esters is 1. The summed E-state index contributed by atoms with van der Waals surface area (Å²) in [5.41, 5.74) is -0.423. The van der Waals surface area contributed by atoms with Crippen LogP contribution in [0.15, 0.2) is 0 Å². The van der Waals surface area contributed by atoms with Crippen LogP contribution in [-0.4, -0.2) is 38.4 Å². The molecule has 0 bridgehead atoms. The highest BCUT2D eigenvalue weighted by Crippen LogP contribution is 2.33. The SMILES string of the molecule is CCOCC(C)OC(=O)C(C)(C)C1CCCNC1. The fourth-order valence-corrected chi connectivity index (χ4v) is 2.29. The van der Waals surface area contributed by atoms with Crippen molar-refractivity contribution >= 4 is 5.97 Å². The van der Waals surface area contributed by atoms with Crippen molar-refractivity contribution in [1.29, 1.82) is 0 Å². The van der Waals surface area contributed by atoms with Gasteiger partial charge in [-0.15, -0.1) is 0 Å². The maximum atomic E-state index is 12.2. The summed E-state index contributed by atoms with van der Waals surface area (Å²) in [5, 5.41) is 3.35. The molecule has 1 N–H and O–H groups in total. The zero-order chi connectivity index (χ0) is 13.6.